The van der Waals surface area contributed by atoms with Crippen LogP contribution in [0.5, 0.6) is 0 Å². The molecule has 0 bridgehead atoms. The predicted molar refractivity (Wildman–Crippen MR) is 168 cm³/mol. The molecule has 3 N–H and O–H groups in total. The van der Waals surface area contributed by atoms with E-state index in [0.717, 1.165) is 27.7 Å². The lowest BCUT2D eigenvalue weighted by molar-refractivity contribution is -0.115. The van der Waals surface area contributed by atoms with Crippen LogP contribution in [0.2, 0.25) is 20.1 Å². The summed E-state index contributed by atoms with van der Waals surface area (Å²) in [6.07, 6.45) is 0. The Morgan fingerprint density at radius 2 is 1.54 bits per heavy atom. The van der Waals surface area contributed by atoms with E-state index < -0.39 is 33.3 Å². The van der Waals surface area contributed by atoms with Gasteiger partial charge in [-0.15, -0.1) is 11.8 Å². The maximum atomic E-state index is 13.3. The Bertz CT molecular complexity index is 1600. The SMILES string of the molecule is CCSc1nsc(NC(=O)C(Sc2ccc(NC(=O)c3c(Cl)c(Cl)c(Cl)c(Cl)c3C(=O)O)cc2)c2ccccc2)n1. The number of nitrogens with zero attached hydrogens (tertiary/aromatic N) is 2. The monoisotopic (exact) mass is 686 g/mol. The van der Waals surface area contributed by atoms with Gasteiger partial charge in [0.1, 0.15) is 5.25 Å². The van der Waals surface area contributed by atoms with Gasteiger partial charge in [0.15, 0.2) is 0 Å². The fraction of sp³-hybridized carbons (Fsp3) is 0.115. The number of carbonyl (C=O) groups is 3. The van der Waals surface area contributed by atoms with E-state index in [1.165, 1.54) is 23.5 Å². The molecule has 0 aliphatic rings. The summed E-state index contributed by atoms with van der Waals surface area (Å²) in [5.41, 5.74) is 0.134. The smallest absolute Gasteiger partial charge is 0.338 e. The quantitative estimate of drug-likeness (QED) is 0.0860. The topological polar surface area (TPSA) is 121 Å². The molecule has 15 heteroatoms. The molecule has 1 aromatic heterocycles. The molecule has 4 aromatic rings. The molecule has 0 spiro atoms. The second kappa shape index (κ2) is 14.1. The average molecular weight is 688 g/mol. The van der Waals surface area contributed by atoms with Crippen LogP contribution >= 0.6 is 81.5 Å². The summed E-state index contributed by atoms with van der Waals surface area (Å²) in [5.74, 6) is -1.79. The fourth-order valence-corrected chi connectivity index (χ4v) is 6.83. The van der Waals surface area contributed by atoms with Crippen molar-refractivity contribution in [1.82, 2.24) is 9.36 Å². The van der Waals surface area contributed by atoms with Crippen molar-refractivity contribution < 1.29 is 19.5 Å². The fourth-order valence-electron chi connectivity index (χ4n) is 3.51. The molecule has 1 atom stereocenters. The van der Waals surface area contributed by atoms with Crippen LogP contribution in [-0.2, 0) is 4.79 Å². The number of nitrogens with one attached hydrogen (secondary N) is 2. The van der Waals surface area contributed by atoms with Crippen molar-refractivity contribution in [3.05, 3.63) is 91.4 Å². The number of carboxylic acids is 1. The molecule has 0 fully saturated rings. The minimum Gasteiger partial charge on any atom is -0.478 e. The number of hydrogen-bond donors (Lipinski definition) is 3. The van der Waals surface area contributed by atoms with Gasteiger partial charge < -0.3 is 10.4 Å². The van der Waals surface area contributed by atoms with Crippen molar-refractivity contribution >= 4 is 110 Å². The van der Waals surface area contributed by atoms with Gasteiger partial charge in [0.05, 0.1) is 31.2 Å². The molecule has 3 aromatic carbocycles. The molecule has 2 amide bonds. The Kier molecular flexibility index (Phi) is 10.8. The third kappa shape index (κ3) is 7.47. The average Bonchev–Trinajstić information content (AvgIpc) is 3.40. The summed E-state index contributed by atoms with van der Waals surface area (Å²) in [6, 6.07) is 15.9. The molecule has 0 aliphatic carbocycles. The first kappa shape index (κ1) is 31.4. The lowest BCUT2D eigenvalue weighted by atomic mass is 10.1. The van der Waals surface area contributed by atoms with Gasteiger partial charge in [0, 0.05) is 22.1 Å². The van der Waals surface area contributed by atoms with Crippen molar-refractivity contribution in [3.63, 3.8) is 0 Å². The minimum atomic E-state index is -1.49. The second-order valence-corrected chi connectivity index (χ2v) is 12.7. The first-order valence-electron chi connectivity index (χ1n) is 11.6. The molecule has 0 aliphatic heterocycles. The van der Waals surface area contributed by atoms with Gasteiger partial charge in [0.25, 0.3) is 5.91 Å². The Morgan fingerprint density at radius 3 is 2.15 bits per heavy atom. The van der Waals surface area contributed by atoms with E-state index in [4.69, 9.17) is 46.4 Å². The first-order chi connectivity index (χ1) is 19.6. The van der Waals surface area contributed by atoms with Gasteiger partial charge in [-0.2, -0.15) is 9.36 Å². The van der Waals surface area contributed by atoms with E-state index in [9.17, 15) is 19.5 Å². The molecule has 0 saturated carbocycles. The van der Waals surface area contributed by atoms with Gasteiger partial charge in [-0.3, -0.25) is 14.9 Å². The Balaban J connectivity index is 1.54. The van der Waals surface area contributed by atoms with Gasteiger partial charge in [-0.1, -0.05) is 95.4 Å². The number of carboxylic acid groups (broad SMARTS) is 1. The van der Waals surface area contributed by atoms with Crippen molar-refractivity contribution in [1.29, 1.82) is 0 Å². The number of hydrogen-bond acceptors (Lipinski definition) is 8. The predicted octanol–water partition coefficient (Wildman–Crippen LogP) is 8.69. The highest BCUT2D eigenvalue weighted by Gasteiger charge is 2.29. The maximum absolute atomic E-state index is 13.3. The highest BCUT2D eigenvalue weighted by Crippen LogP contribution is 2.42. The number of amides is 2. The van der Waals surface area contributed by atoms with Gasteiger partial charge >= 0.3 is 5.97 Å². The van der Waals surface area contributed by atoms with E-state index in [-0.39, 0.29) is 21.0 Å². The Labute approximate surface area is 267 Å². The number of benzene rings is 3. The summed E-state index contributed by atoms with van der Waals surface area (Å²) < 4.78 is 4.24. The summed E-state index contributed by atoms with van der Waals surface area (Å²) in [6.45, 7) is 1.99. The number of carbonyl (C=O) groups excluding carboxylic acids is 2. The van der Waals surface area contributed by atoms with E-state index >= 15 is 0 Å². The lowest BCUT2D eigenvalue weighted by Gasteiger charge is -2.17. The van der Waals surface area contributed by atoms with E-state index in [0.29, 0.717) is 16.0 Å². The Hall–Kier alpha value is -2.51. The molecule has 0 saturated heterocycles. The largest absolute Gasteiger partial charge is 0.478 e. The zero-order chi connectivity index (χ0) is 29.7. The molecule has 1 unspecified atom stereocenters. The van der Waals surface area contributed by atoms with Crippen LogP contribution in [0.15, 0.2) is 64.6 Å². The highest BCUT2D eigenvalue weighted by atomic mass is 35.5. The van der Waals surface area contributed by atoms with Crippen molar-refractivity contribution in [2.75, 3.05) is 16.4 Å². The highest BCUT2D eigenvalue weighted by molar-refractivity contribution is 8.00. The molecular weight excluding hydrogens is 670 g/mol. The summed E-state index contributed by atoms with van der Waals surface area (Å²) in [5, 5.41) is 14.2. The van der Waals surface area contributed by atoms with Crippen LogP contribution in [0.4, 0.5) is 10.8 Å². The molecular formula is C26H18Cl4N4O4S3. The number of halogens is 4. The first-order valence-corrected chi connectivity index (χ1v) is 15.7. The zero-order valence-corrected chi connectivity index (χ0v) is 26.3. The van der Waals surface area contributed by atoms with Crippen LogP contribution in [-0.4, -0.2) is 38.0 Å². The number of rotatable bonds is 10. The van der Waals surface area contributed by atoms with E-state index in [1.807, 2.05) is 37.3 Å². The van der Waals surface area contributed by atoms with Gasteiger partial charge in [0.2, 0.25) is 16.2 Å². The van der Waals surface area contributed by atoms with Crippen molar-refractivity contribution in [2.45, 2.75) is 22.2 Å². The molecule has 1 heterocycles. The van der Waals surface area contributed by atoms with Crippen LogP contribution in [0.25, 0.3) is 0 Å². The number of aromatic nitrogens is 2. The van der Waals surface area contributed by atoms with Crippen molar-refractivity contribution in [2.24, 2.45) is 0 Å². The third-order valence-corrected chi connectivity index (χ3v) is 9.87. The lowest BCUT2D eigenvalue weighted by Crippen LogP contribution is -2.19. The summed E-state index contributed by atoms with van der Waals surface area (Å²) in [7, 11) is 0. The molecule has 4 rings (SSSR count). The van der Waals surface area contributed by atoms with Crippen LogP contribution in [0.3, 0.4) is 0 Å². The number of anilines is 2. The molecule has 0 radical (unpaired) electrons. The van der Waals surface area contributed by atoms with Crippen molar-refractivity contribution in [3.8, 4) is 0 Å². The van der Waals surface area contributed by atoms with Gasteiger partial charge in [-0.05, 0) is 35.6 Å². The Morgan fingerprint density at radius 1 is 0.902 bits per heavy atom. The summed E-state index contributed by atoms with van der Waals surface area (Å²) >= 11 is 28.2. The van der Waals surface area contributed by atoms with Gasteiger partial charge in [-0.25, -0.2) is 4.79 Å². The van der Waals surface area contributed by atoms with Crippen LogP contribution in [0.1, 0.15) is 38.5 Å². The zero-order valence-electron chi connectivity index (χ0n) is 20.8. The third-order valence-electron chi connectivity index (χ3n) is 5.33. The van der Waals surface area contributed by atoms with E-state index in [1.54, 1.807) is 24.3 Å². The summed E-state index contributed by atoms with van der Waals surface area (Å²) in [4.78, 5) is 43.2. The minimum absolute atomic E-state index is 0.237. The van der Waals surface area contributed by atoms with Crippen LogP contribution in [0, 0.1) is 0 Å². The standard InChI is InChI=1S/C26H18Cl4N4O4S3/c1-2-39-26-33-25(41-34-26)32-23(36)21(12-6-4-3-5-7-12)40-14-10-8-13(9-11-14)31-22(35)15-16(24(37)38)18(28)20(30)19(29)17(15)27/h3-11,21H,2H2,1H3,(H,31,35)(H,37,38)(H,32,33,34,36). The maximum Gasteiger partial charge on any atom is 0.338 e. The molecule has 212 valence electrons. The van der Waals surface area contributed by atoms with Crippen LogP contribution < -0.4 is 10.6 Å². The molecule has 8 nitrogen and oxygen atoms in total. The van der Waals surface area contributed by atoms with E-state index in [2.05, 4.69) is 20.0 Å². The molecule has 41 heavy (non-hydrogen) atoms. The second-order valence-electron chi connectivity index (χ2n) is 8.00. The normalized spacial score (nSPS) is 11.6. The number of thioether (sulfide) groups is 2. The number of aromatic carboxylic acids is 1.